The Bertz CT molecular complexity index is 688. The fourth-order valence-electron chi connectivity index (χ4n) is 3.12. The average molecular weight is 314 g/mol. The van der Waals surface area contributed by atoms with Crippen molar-refractivity contribution >= 4 is 5.91 Å². The first-order chi connectivity index (χ1) is 11.3. The number of para-hydroxylation sites is 2. The van der Waals surface area contributed by atoms with Crippen LogP contribution in [-0.2, 0) is 4.79 Å². The number of nitrogens with zero attached hydrogens (tertiary/aromatic N) is 4. The molecular formula is C16H18N4O3. The monoisotopic (exact) mass is 314 g/mol. The molecule has 7 heteroatoms. The fraction of sp³-hybridized carbons (Fsp3) is 0.438. The maximum absolute atomic E-state index is 12.8. The second kappa shape index (κ2) is 5.91. The predicted molar refractivity (Wildman–Crippen MR) is 81.2 cm³/mol. The lowest BCUT2D eigenvalue weighted by Gasteiger charge is -2.35. The standard InChI is InChI=1S/C16H18N4O3/c21-16(15-9-22-13-5-1-2-6-14(13)23-15)19-7-3-4-12(8-19)20-11-17-10-18-20/h1-2,5-6,10-12,15H,3-4,7-9H2/t12-,15+/m1/s1. The Hall–Kier alpha value is -2.57. The van der Waals surface area contributed by atoms with Crippen LogP contribution >= 0.6 is 0 Å². The summed E-state index contributed by atoms with van der Waals surface area (Å²) in [5, 5.41) is 4.19. The highest BCUT2D eigenvalue weighted by molar-refractivity contribution is 5.82. The molecule has 0 radical (unpaired) electrons. The summed E-state index contributed by atoms with van der Waals surface area (Å²) < 4.78 is 13.3. The van der Waals surface area contributed by atoms with Crippen molar-refractivity contribution < 1.29 is 14.3 Å². The maximum atomic E-state index is 12.8. The van der Waals surface area contributed by atoms with Crippen molar-refractivity contribution in [2.45, 2.75) is 25.0 Å². The third-order valence-electron chi connectivity index (χ3n) is 4.30. The van der Waals surface area contributed by atoms with Gasteiger partial charge in [0.2, 0.25) is 6.10 Å². The second-order valence-corrected chi connectivity index (χ2v) is 5.82. The number of ether oxygens (including phenoxy) is 2. The van der Waals surface area contributed by atoms with Crippen LogP contribution in [0.25, 0.3) is 0 Å². The maximum Gasteiger partial charge on any atom is 0.267 e. The van der Waals surface area contributed by atoms with E-state index in [0.29, 0.717) is 18.0 Å². The molecule has 2 aromatic rings. The van der Waals surface area contributed by atoms with E-state index in [2.05, 4.69) is 10.1 Å². The number of carbonyl (C=O) groups is 1. The van der Waals surface area contributed by atoms with Crippen molar-refractivity contribution in [3.63, 3.8) is 0 Å². The predicted octanol–water partition coefficient (Wildman–Crippen LogP) is 1.28. The van der Waals surface area contributed by atoms with Crippen LogP contribution in [0.15, 0.2) is 36.9 Å². The SMILES string of the molecule is O=C([C@@H]1COc2ccccc2O1)N1CCC[C@@H](n2cncn2)C1. The zero-order valence-corrected chi connectivity index (χ0v) is 12.7. The molecular weight excluding hydrogens is 296 g/mol. The lowest BCUT2D eigenvalue weighted by molar-refractivity contribution is -0.143. The van der Waals surface area contributed by atoms with Gasteiger partial charge in [-0.25, -0.2) is 9.67 Å². The van der Waals surface area contributed by atoms with E-state index in [9.17, 15) is 4.79 Å². The van der Waals surface area contributed by atoms with Gasteiger partial charge in [0.25, 0.3) is 5.91 Å². The van der Waals surface area contributed by atoms with Crippen LogP contribution in [0.3, 0.4) is 0 Å². The number of piperidine rings is 1. The molecule has 0 unspecified atom stereocenters. The Labute approximate surface area is 133 Å². The van der Waals surface area contributed by atoms with Gasteiger partial charge in [-0.05, 0) is 25.0 Å². The smallest absolute Gasteiger partial charge is 0.267 e. The summed E-state index contributed by atoms with van der Waals surface area (Å²) in [6, 6.07) is 7.60. The van der Waals surface area contributed by atoms with E-state index in [-0.39, 0.29) is 18.6 Å². The van der Waals surface area contributed by atoms with Gasteiger partial charge in [-0.15, -0.1) is 0 Å². The van der Waals surface area contributed by atoms with Gasteiger partial charge >= 0.3 is 0 Å². The molecule has 7 nitrogen and oxygen atoms in total. The summed E-state index contributed by atoms with van der Waals surface area (Å²) in [5.74, 6) is 1.29. The van der Waals surface area contributed by atoms with Crippen molar-refractivity contribution in [3.8, 4) is 11.5 Å². The molecule has 1 aromatic heterocycles. The van der Waals surface area contributed by atoms with Crippen LogP contribution in [0.1, 0.15) is 18.9 Å². The topological polar surface area (TPSA) is 69.5 Å². The van der Waals surface area contributed by atoms with E-state index in [4.69, 9.17) is 9.47 Å². The van der Waals surface area contributed by atoms with Crippen LogP contribution in [0.5, 0.6) is 11.5 Å². The van der Waals surface area contributed by atoms with Crippen LogP contribution in [0.2, 0.25) is 0 Å². The Morgan fingerprint density at radius 2 is 2.13 bits per heavy atom. The summed E-state index contributed by atoms with van der Waals surface area (Å²) in [5.41, 5.74) is 0. The Morgan fingerprint density at radius 1 is 1.26 bits per heavy atom. The quantitative estimate of drug-likeness (QED) is 0.835. The normalized spacial score (nSPS) is 23.6. The van der Waals surface area contributed by atoms with Crippen molar-refractivity contribution in [1.82, 2.24) is 19.7 Å². The highest BCUT2D eigenvalue weighted by atomic mass is 16.6. The number of hydrogen-bond acceptors (Lipinski definition) is 5. The number of carbonyl (C=O) groups excluding carboxylic acids is 1. The second-order valence-electron chi connectivity index (χ2n) is 5.82. The number of fused-ring (bicyclic) bond motifs is 1. The van der Waals surface area contributed by atoms with Gasteiger partial charge in [-0.3, -0.25) is 4.79 Å². The summed E-state index contributed by atoms with van der Waals surface area (Å²) in [4.78, 5) is 18.6. The number of aromatic nitrogens is 3. The number of benzene rings is 1. The first-order valence-corrected chi connectivity index (χ1v) is 7.82. The molecule has 3 heterocycles. The van der Waals surface area contributed by atoms with Gasteiger partial charge in [0.1, 0.15) is 19.3 Å². The molecule has 0 N–H and O–H groups in total. The molecule has 1 fully saturated rings. The molecule has 2 aliphatic rings. The molecule has 2 atom stereocenters. The van der Waals surface area contributed by atoms with E-state index in [1.165, 1.54) is 6.33 Å². The molecule has 0 saturated carbocycles. The van der Waals surface area contributed by atoms with Crippen LogP contribution in [-0.4, -0.2) is 51.4 Å². The average Bonchev–Trinajstić information content (AvgIpc) is 3.15. The minimum absolute atomic E-state index is 0.0238. The minimum Gasteiger partial charge on any atom is -0.485 e. The number of amides is 1. The zero-order chi connectivity index (χ0) is 15.6. The number of rotatable bonds is 2. The molecule has 2 aliphatic heterocycles. The van der Waals surface area contributed by atoms with Gasteiger partial charge in [-0.2, -0.15) is 5.10 Å². The Morgan fingerprint density at radius 3 is 2.96 bits per heavy atom. The molecule has 1 saturated heterocycles. The van der Waals surface area contributed by atoms with Crippen molar-refractivity contribution in [1.29, 1.82) is 0 Å². The molecule has 23 heavy (non-hydrogen) atoms. The largest absolute Gasteiger partial charge is 0.485 e. The number of likely N-dealkylation sites (tertiary alicyclic amines) is 1. The van der Waals surface area contributed by atoms with Gasteiger partial charge in [0.05, 0.1) is 6.04 Å². The van der Waals surface area contributed by atoms with E-state index in [1.54, 1.807) is 6.33 Å². The summed E-state index contributed by atoms with van der Waals surface area (Å²) in [7, 11) is 0. The highest BCUT2D eigenvalue weighted by Gasteiger charge is 2.34. The van der Waals surface area contributed by atoms with Crippen LogP contribution < -0.4 is 9.47 Å². The van der Waals surface area contributed by atoms with Gasteiger partial charge in [-0.1, -0.05) is 12.1 Å². The highest BCUT2D eigenvalue weighted by Crippen LogP contribution is 2.31. The summed E-state index contributed by atoms with van der Waals surface area (Å²) in [6.45, 7) is 1.62. The fourth-order valence-corrected chi connectivity index (χ4v) is 3.12. The van der Waals surface area contributed by atoms with Crippen LogP contribution in [0.4, 0.5) is 0 Å². The molecule has 120 valence electrons. The van der Waals surface area contributed by atoms with Crippen molar-refractivity contribution in [3.05, 3.63) is 36.9 Å². The minimum atomic E-state index is -0.584. The molecule has 0 aliphatic carbocycles. The third kappa shape index (κ3) is 2.74. The van der Waals surface area contributed by atoms with Gasteiger partial charge in [0, 0.05) is 13.1 Å². The van der Waals surface area contributed by atoms with E-state index >= 15 is 0 Å². The van der Waals surface area contributed by atoms with Crippen LogP contribution in [0, 0.1) is 0 Å². The summed E-state index contributed by atoms with van der Waals surface area (Å²) in [6.07, 6.45) is 4.59. The van der Waals surface area contributed by atoms with Crippen molar-refractivity contribution in [2.75, 3.05) is 19.7 Å². The van der Waals surface area contributed by atoms with E-state index < -0.39 is 6.10 Å². The van der Waals surface area contributed by atoms with E-state index in [1.807, 2.05) is 33.8 Å². The summed E-state index contributed by atoms with van der Waals surface area (Å²) >= 11 is 0. The van der Waals surface area contributed by atoms with Gasteiger partial charge in [0.15, 0.2) is 11.5 Å². The lowest BCUT2D eigenvalue weighted by Crippen LogP contribution is -2.50. The lowest BCUT2D eigenvalue weighted by atomic mass is 10.1. The first-order valence-electron chi connectivity index (χ1n) is 7.82. The molecule has 0 bridgehead atoms. The van der Waals surface area contributed by atoms with Crippen molar-refractivity contribution in [2.24, 2.45) is 0 Å². The molecule has 1 aromatic carbocycles. The molecule has 1 amide bonds. The Kier molecular flexibility index (Phi) is 3.61. The van der Waals surface area contributed by atoms with Gasteiger partial charge < -0.3 is 14.4 Å². The number of hydrogen-bond donors (Lipinski definition) is 0. The third-order valence-corrected chi connectivity index (χ3v) is 4.30. The Balaban J connectivity index is 1.45. The molecule has 4 rings (SSSR count). The first kappa shape index (κ1) is 14.0. The zero-order valence-electron chi connectivity index (χ0n) is 12.7. The molecule has 0 spiro atoms. The van der Waals surface area contributed by atoms with E-state index in [0.717, 1.165) is 19.4 Å².